The molecule has 1 rings (SSSR count). The molecule has 2 N–H and O–H groups in total. The van der Waals surface area contributed by atoms with Crippen LogP contribution in [0.3, 0.4) is 0 Å². The number of aliphatic hydroxyl groups excluding tert-OH is 1. The van der Waals surface area contributed by atoms with Crippen LogP contribution in [0.5, 0.6) is 0 Å². The van der Waals surface area contributed by atoms with Gasteiger partial charge in [-0.15, -0.1) is 0 Å². The van der Waals surface area contributed by atoms with E-state index in [0.717, 1.165) is 31.3 Å². The SMILES string of the molecule is CCC(C)(CO)CNCC1CC1C. The summed E-state index contributed by atoms with van der Waals surface area (Å²) in [6.07, 6.45) is 2.42. The Bertz CT molecular complexity index is 154. The number of aliphatic hydroxyl groups is 1. The van der Waals surface area contributed by atoms with Gasteiger partial charge in [-0.25, -0.2) is 0 Å². The Morgan fingerprint density at radius 1 is 1.54 bits per heavy atom. The largest absolute Gasteiger partial charge is 0.396 e. The molecular formula is C11H23NO. The van der Waals surface area contributed by atoms with Crippen molar-refractivity contribution >= 4 is 0 Å². The Hall–Kier alpha value is -0.0800. The predicted molar refractivity (Wildman–Crippen MR) is 55.6 cm³/mol. The van der Waals surface area contributed by atoms with Gasteiger partial charge in [-0.05, 0) is 31.2 Å². The molecule has 3 atom stereocenters. The van der Waals surface area contributed by atoms with E-state index in [1.807, 2.05) is 0 Å². The summed E-state index contributed by atoms with van der Waals surface area (Å²) in [5.41, 5.74) is 0.0815. The van der Waals surface area contributed by atoms with Crippen LogP contribution in [0.15, 0.2) is 0 Å². The summed E-state index contributed by atoms with van der Waals surface area (Å²) in [7, 11) is 0. The Balaban J connectivity index is 2.09. The summed E-state index contributed by atoms with van der Waals surface area (Å²) in [4.78, 5) is 0. The minimum Gasteiger partial charge on any atom is -0.396 e. The van der Waals surface area contributed by atoms with Crippen LogP contribution >= 0.6 is 0 Å². The highest BCUT2D eigenvalue weighted by Gasteiger charge is 2.32. The fourth-order valence-electron chi connectivity index (χ4n) is 1.54. The normalized spacial score (nSPS) is 31.4. The zero-order valence-corrected chi connectivity index (χ0v) is 9.14. The first-order valence-electron chi connectivity index (χ1n) is 5.43. The lowest BCUT2D eigenvalue weighted by molar-refractivity contribution is 0.135. The minimum absolute atomic E-state index is 0.0815. The molecule has 0 amide bonds. The summed E-state index contributed by atoms with van der Waals surface area (Å²) in [5, 5.41) is 12.6. The van der Waals surface area contributed by atoms with Crippen LogP contribution in [-0.4, -0.2) is 24.8 Å². The lowest BCUT2D eigenvalue weighted by Gasteiger charge is -2.25. The molecular weight excluding hydrogens is 162 g/mol. The van der Waals surface area contributed by atoms with Gasteiger partial charge in [-0.1, -0.05) is 20.8 Å². The van der Waals surface area contributed by atoms with E-state index in [2.05, 4.69) is 26.1 Å². The second kappa shape index (κ2) is 4.43. The van der Waals surface area contributed by atoms with Crippen LogP contribution in [0.1, 0.15) is 33.6 Å². The van der Waals surface area contributed by atoms with Crippen LogP contribution in [-0.2, 0) is 0 Å². The molecule has 1 aliphatic carbocycles. The molecule has 0 aromatic carbocycles. The maximum Gasteiger partial charge on any atom is 0.0496 e. The topological polar surface area (TPSA) is 32.3 Å². The molecule has 1 saturated carbocycles. The Kier molecular flexibility index (Phi) is 3.74. The van der Waals surface area contributed by atoms with E-state index < -0.39 is 0 Å². The lowest BCUT2D eigenvalue weighted by atomic mass is 9.88. The van der Waals surface area contributed by atoms with Crippen LogP contribution in [0.2, 0.25) is 0 Å². The highest BCUT2D eigenvalue weighted by Crippen LogP contribution is 2.36. The zero-order chi connectivity index (χ0) is 9.90. The van der Waals surface area contributed by atoms with Gasteiger partial charge < -0.3 is 10.4 Å². The standard InChI is InChI=1S/C11H23NO/c1-4-11(3,8-13)7-12-6-10-5-9(10)2/h9-10,12-13H,4-8H2,1-3H3. The number of nitrogens with one attached hydrogen (secondary N) is 1. The molecule has 2 heteroatoms. The van der Waals surface area contributed by atoms with Crippen LogP contribution < -0.4 is 5.32 Å². The van der Waals surface area contributed by atoms with Crippen molar-refractivity contribution in [2.45, 2.75) is 33.6 Å². The highest BCUT2D eigenvalue weighted by atomic mass is 16.3. The van der Waals surface area contributed by atoms with E-state index >= 15 is 0 Å². The maximum absolute atomic E-state index is 9.18. The van der Waals surface area contributed by atoms with Gasteiger partial charge in [0, 0.05) is 18.6 Å². The third kappa shape index (κ3) is 3.28. The third-order valence-corrected chi connectivity index (χ3v) is 3.47. The van der Waals surface area contributed by atoms with E-state index in [-0.39, 0.29) is 12.0 Å². The molecule has 1 fully saturated rings. The van der Waals surface area contributed by atoms with E-state index in [0.29, 0.717) is 0 Å². The molecule has 0 aliphatic heterocycles. The van der Waals surface area contributed by atoms with Crippen molar-refractivity contribution in [2.24, 2.45) is 17.3 Å². The van der Waals surface area contributed by atoms with Crippen molar-refractivity contribution in [3.8, 4) is 0 Å². The second-order valence-corrected chi connectivity index (χ2v) is 4.93. The monoisotopic (exact) mass is 185 g/mol. The summed E-state index contributed by atoms with van der Waals surface area (Å²) in [6.45, 7) is 8.95. The van der Waals surface area contributed by atoms with Crippen molar-refractivity contribution in [1.82, 2.24) is 5.32 Å². The van der Waals surface area contributed by atoms with Gasteiger partial charge in [0.25, 0.3) is 0 Å². The Morgan fingerprint density at radius 2 is 2.15 bits per heavy atom. The van der Waals surface area contributed by atoms with Crippen LogP contribution in [0.25, 0.3) is 0 Å². The summed E-state index contributed by atoms with van der Waals surface area (Å²) >= 11 is 0. The third-order valence-electron chi connectivity index (χ3n) is 3.47. The maximum atomic E-state index is 9.18. The van der Waals surface area contributed by atoms with E-state index in [9.17, 15) is 5.11 Å². The molecule has 0 radical (unpaired) electrons. The second-order valence-electron chi connectivity index (χ2n) is 4.93. The van der Waals surface area contributed by atoms with Crippen molar-refractivity contribution < 1.29 is 5.11 Å². The number of hydrogen-bond acceptors (Lipinski definition) is 2. The van der Waals surface area contributed by atoms with Gasteiger partial charge in [0.15, 0.2) is 0 Å². The molecule has 0 heterocycles. The van der Waals surface area contributed by atoms with Crippen molar-refractivity contribution in [2.75, 3.05) is 19.7 Å². The summed E-state index contributed by atoms with van der Waals surface area (Å²) < 4.78 is 0. The van der Waals surface area contributed by atoms with Gasteiger partial charge in [0.1, 0.15) is 0 Å². The first kappa shape index (κ1) is 11.0. The smallest absolute Gasteiger partial charge is 0.0496 e. The van der Waals surface area contributed by atoms with Crippen molar-refractivity contribution in [3.05, 3.63) is 0 Å². The summed E-state index contributed by atoms with van der Waals surface area (Å²) in [5.74, 6) is 1.83. The Labute approximate surface area is 81.7 Å². The van der Waals surface area contributed by atoms with Crippen LogP contribution in [0, 0.1) is 17.3 Å². The van der Waals surface area contributed by atoms with Crippen molar-refractivity contribution in [3.63, 3.8) is 0 Å². The average molecular weight is 185 g/mol. The Morgan fingerprint density at radius 3 is 2.54 bits per heavy atom. The predicted octanol–water partition coefficient (Wildman–Crippen LogP) is 1.64. The van der Waals surface area contributed by atoms with E-state index in [1.165, 1.54) is 6.42 Å². The fraction of sp³-hybridized carbons (Fsp3) is 1.00. The molecule has 0 saturated heterocycles. The van der Waals surface area contributed by atoms with Crippen molar-refractivity contribution in [1.29, 1.82) is 0 Å². The quantitative estimate of drug-likeness (QED) is 0.659. The molecule has 2 nitrogen and oxygen atoms in total. The van der Waals surface area contributed by atoms with Gasteiger partial charge in [-0.3, -0.25) is 0 Å². The van der Waals surface area contributed by atoms with Gasteiger partial charge >= 0.3 is 0 Å². The van der Waals surface area contributed by atoms with Gasteiger partial charge in [0.05, 0.1) is 0 Å². The van der Waals surface area contributed by atoms with Gasteiger partial charge in [-0.2, -0.15) is 0 Å². The van der Waals surface area contributed by atoms with E-state index in [1.54, 1.807) is 0 Å². The molecule has 13 heavy (non-hydrogen) atoms. The molecule has 78 valence electrons. The fourth-order valence-corrected chi connectivity index (χ4v) is 1.54. The first-order valence-corrected chi connectivity index (χ1v) is 5.43. The highest BCUT2D eigenvalue weighted by molar-refractivity contribution is 4.85. The molecule has 0 spiro atoms. The lowest BCUT2D eigenvalue weighted by Crippen LogP contribution is -2.35. The number of hydrogen-bond donors (Lipinski definition) is 2. The minimum atomic E-state index is 0.0815. The molecule has 0 aromatic rings. The number of rotatable bonds is 6. The molecule has 1 aliphatic rings. The average Bonchev–Trinajstić information content (AvgIpc) is 2.82. The van der Waals surface area contributed by atoms with E-state index in [4.69, 9.17) is 0 Å². The summed E-state index contributed by atoms with van der Waals surface area (Å²) in [6, 6.07) is 0. The first-order chi connectivity index (χ1) is 6.11. The van der Waals surface area contributed by atoms with Gasteiger partial charge in [0.2, 0.25) is 0 Å². The molecule has 0 bridgehead atoms. The molecule has 3 unspecified atom stereocenters. The molecule has 0 aromatic heterocycles. The zero-order valence-electron chi connectivity index (χ0n) is 9.14. The van der Waals surface area contributed by atoms with Crippen LogP contribution in [0.4, 0.5) is 0 Å².